The summed E-state index contributed by atoms with van der Waals surface area (Å²) in [6.45, 7) is 0.533. The molecule has 0 spiro atoms. The standard InChI is InChI=1S/C24H22F2N5/c1-30(2)15-17-12-16(13-18-20(25)6-3-7-21(18)26)14-19(24(17)27)22-8-4-9-23(29-22)31-11-5-10-28-31/h3-11,14H,13,15,27H2,1-2H3. The van der Waals surface area contributed by atoms with Gasteiger partial charge in [-0.25, -0.2) is 18.4 Å². The number of pyridine rings is 1. The zero-order chi connectivity index (χ0) is 22.0. The molecule has 5 nitrogen and oxygen atoms in total. The Morgan fingerprint density at radius 3 is 2.48 bits per heavy atom. The van der Waals surface area contributed by atoms with Crippen molar-refractivity contribution in [3.63, 3.8) is 0 Å². The lowest BCUT2D eigenvalue weighted by molar-refractivity contribution is 0.403. The molecule has 2 N–H and O–H groups in total. The number of halogens is 2. The lowest BCUT2D eigenvalue weighted by atomic mass is 9.95. The highest BCUT2D eigenvalue weighted by molar-refractivity contribution is 5.77. The van der Waals surface area contributed by atoms with Crippen LogP contribution in [-0.2, 0) is 13.0 Å². The second-order valence-electron chi connectivity index (χ2n) is 7.55. The van der Waals surface area contributed by atoms with Crippen molar-refractivity contribution in [1.29, 1.82) is 0 Å². The molecule has 0 fully saturated rings. The highest BCUT2D eigenvalue weighted by Crippen LogP contribution is 2.31. The first-order valence-electron chi connectivity index (χ1n) is 9.81. The molecular formula is C24H22F2N5. The lowest BCUT2D eigenvalue weighted by Gasteiger charge is -2.17. The molecule has 0 aliphatic heterocycles. The Hall–Kier alpha value is -3.58. The van der Waals surface area contributed by atoms with Crippen LogP contribution in [0.15, 0.2) is 60.9 Å². The summed E-state index contributed by atoms with van der Waals surface area (Å²) in [4.78, 5) is 6.66. The largest absolute Gasteiger partial charge is 0.398 e. The summed E-state index contributed by atoms with van der Waals surface area (Å²) in [5.41, 5.74) is 9.75. The van der Waals surface area contributed by atoms with E-state index in [0.29, 0.717) is 34.9 Å². The average molecular weight is 418 g/mol. The zero-order valence-corrected chi connectivity index (χ0v) is 17.3. The number of nitrogen functional groups attached to an aromatic ring is 1. The number of aromatic nitrogens is 3. The number of nitrogens with zero attached hydrogens (tertiary/aromatic N) is 4. The smallest absolute Gasteiger partial charge is 0.153 e. The molecule has 31 heavy (non-hydrogen) atoms. The Morgan fingerprint density at radius 1 is 1.06 bits per heavy atom. The van der Waals surface area contributed by atoms with Crippen molar-refractivity contribution in [3.8, 4) is 17.1 Å². The first-order chi connectivity index (χ1) is 14.9. The van der Waals surface area contributed by atoms with E-state index in [2.05, 4.69) is 11.2 Å². The van der Waals surface area contributed by atoms with Crippen LogP contribution >= 0.6 is 0 Å². The Bertz CT molecular complexity index is 1180. The number of hydrogen-bond acceptors (Lipinski definition) is 4. The second kappa shape index (κ2) is 8.65. The van der Waals surface area contributed by atoms with Crippen molar-refractivity contribution < 1.29 is 8.78 Å². The van der Waals surface area contributed by atoms with Crippen molar-refractivity contribution in [2.45, 2.75) is 13.0 Å². The molecule has 4 aromatic rings. The van der Waals surface area contributed by atoms with E-state index in [1.807, 2.05) is 43.3 Å². The third-order valence-electron chi connectivity index (χ3n) is 4.90. The van der Waals surface area contributed by atoms with E-state index >= 15 is 0 Å². The Morgan fingerprint density at radius 2 is 1.81 bits per heavy atom. The van der Waals surface area contributed by atoms with Gasteiger partial charge >= 0.3 is 0 Å². The minimum Gasteiger partial charge on any atom is -0.398 e. The molecule has 2 aromatic carbocycles. The van der Waals surface area contributed by atoms with Gasteiger partial charge in [-0.05, 0) is 67.7 Å². The van der Waals surface area contributed by atoms with E-state index in [1.54, 1.807) is 23.1 Å². The summed E-state index contributed by atoms with van der Waals surface area (Å²) in [7, 11) is 3.85. The van der Waals surface area contributed by atoms with Crippen molar-refractivity contribution in [3.05, 3.63) is 95.3 Å². The van der Waals surface area contributed by atoms with Gasteiger partial charge in [-0.15, -0.1) is 0 Å². The van der Waals surface area contributed by atoms with Crippen molar-refractivity contribution in [2.24, 2.45) is 0 Å². The van der Waals surface area contributed by atoms with Crippen LogP contribution in [0.2, 0.25) is 0 Å². The van der Waals surface area contributed by atoms with Crippen molar-refractivity contribution >= 4 is 5.69 Å². The first-order valence-corrected chi connectivity index (χ1v) is 9.81. The number of rotatable bonds is 6. The maximum atomic E-state index is 14.3. The Kier molecular flexibility index (Phi) is 5.77. The van der Waals surface area contributed by atoms with Gasteiger partial charge in [0.1, 0.15) is 11.6 Å². The van der Waals surface area contributed by atoms with Crippen molar-refractivity contribution in [2.75, 3.05) is 19.8 Å². The van der Waals surface area contributed by atoms with Crippen LogP contribution < -0.4 is 5.73 Å². The molecular weight excluding hydrogens is 396 g/mol. The van der Waals surface area contributed by atoms with E-state index in [0.717, 1.165) is 5.56 Å². The molecule has 1 radical (unpaired) electrons. The summed E-state index contributed by atoms with van der Waals surface area (Å²) in [5, 5.41) is 4.22. The van der Waals surface area contributed by atoms with Gasteiger partial charge in [0.15, 0.2) is 5.82 Å². The van der Waals surface area contributed by atoms with Crippen LogP contribution in [0, 0.1) is 17.7 Å². The molecule has 2 heterocycles. The maximum absolute atomic E-state index is 14.3. The summed E-state index contributed by atoms with van der Waals surface area (Å²) >= 11 is 0. The molecule has 0 atom stereocenters. The van der Waals surface area contributed by atoms with Crippen LogP contribution in [-0.4, -0.2) is 33.8 Å². The quantitative estimate of drug-likeness (QED) is 0.476. The number of nitrogens with two attached hydrogens (primary N) is 1. The first kappa shape index (κ1) is 20.7. The fourth-order valence-electron chi connectivity index (χ4n) is 3.46. The molecule has 0 amide bonds. The number of anilines is 1. The molecule has 7 heteroatoms. The third kappa shape index (κ3) is 4.46. The van der Waals surface area contributed by atoms with E-state index in [4.69, 9.17) is 10.7 Å². The molecule has 0 aliphatic carbocycles. The molecule has 0 bridgehead atoms. The molecule has 4 rings (SSSR count). The Labute approximate surface area is 179 Å². The van der Waals surface area contributed by atoms with Crippen LogP contribution in [0.4, 0.5) is 14.5 Å². The van der Waals surface area contributed by atoms with E-state index < -0.39 is 11.6 Å². The topological polar surface area (TPSA) is 60.0 Å². The highest BCUT2D eigenvalue weighted by Gasteiger charge is 2.16. The second-order valence-corrected chi connectivity index (χ2v) is 7.55. The third-order valence-corrected chi connectivity index (χ3v) is 4.90. The zero-order valence-electron chi connectivity index (χ0n) is 17.3. The molecule has 0 unspecified atom stereocenters. The van der Waals surface area contributed by atoms with Gasteiger partial charge in [-0.2, -0.15) is 5.10 Å². The monoisotopic (exact) mass is 418 g/mol. The molecule has 2 aromatic heterocycles. The van der Waals surface area contributed by atoms with Crippen LogP contribution in [0.1, 0.15) is 16.7 Å². The van der Waals surface area contributed by atoms with Crippen molar-refractivity contribution in [1.82, 2.24) is 19.7 Å². The predicted molar refractivity (Wildman–Crippen MR) is 117 cm³/mol. The predicted octanol–water partition coefficient (Wildman–Crippen LogP) is 4.25. The maximum Gasteiger partial charge on any atom is 0.153 e. The molecule has 157 valence electrons. The Balaban J connectivity index is 1.82. The molecule has 0 saturated carbocycles. The number of benzene rings is 2. The summed E-state index contributed by atoms with van der Waals surface area (Å²) < 4.78 is 30.2. The lowest BCUT2D eigenvalue weighted by Crippen LogP contribution is -2.14. The minimum atomic E-state index is -0.584. The summed E-state index contributed by atoms with van der Waals surface area (Å²) in [6.07, 6.45) is 3.54. The molecule has 0 aliphatic rings. The SMILES string of the molecule is CN(C)Cc1[c]c(Cc2c(F)cccc2F)cc(-c2cccc(-n3cccn3)n2)c1N. The normalized spacial score (nSPS) is 11.3. The average Bonchev–Trinajstić information content (AvgIpc) is 3.28. The highest BCUT2D eigenvalue weighted by atomic mass is 19.1. The van der Waals surface area contributed by atoms with Gasteiger partial charge in [0.2, 0.25) is 0 Å². The summed E-state index contributed by atoms with van der Waals surface area (Å²) in [6, 6.07) is 16.3. The van der Waals surface area contributed by atoms with Crippen LogP contribution in [0.3, 0.4) is 0 Å². The van der Waals surface area contributed by atoms with E-state index in [9.17, 15) is 8.78 Å². The van der Waals surface area contributed by atoms with Gasteiger partial charge in [0, 0.05) is 42.2 Å². The summed E-state index contributed by atoms with van der Waals surface area (Å²) in [5.74, 6) is -0.523. The van der Waals surface area contributed by atoms with Gasteiger partial charge in [-0.1, -0.05) is 12.1 Å². The fraction of sp³-hybridized carbons (Fsp3) is 0.167. The number of hydrogen-bond donors (Lipinski definition) is 1. The van der Waals surface area contributed by atoms with E-state index in [-0.39, 0.29) is 12.0 Å². The van der Waals surface area contributed by atoms with Crippen LogP contribution in [0.25, 0.3) is 17.1 Å². The van der Waals surface area contributed by atoms with Gasteiger partial charge in [0.25, 0.3) is 0 Å². The van der Waals surface area contributed by atoms with Gasteiger partial charge in [-0.3, -0.25) is 0 Å². The minimum absolute atomic E-state index is 0.00326. The fourth-order valence-corrected chi connectivity index (χ4v) is 3.46. The van der Waals surface area contributed by atoms with Gasteiger partial charge < -0.3 is 10.6 Å². The molecule has 0 saturated heterocycles. The van der Waals surface area contributed by atoms with Gasteiger partial charge in [0.05, 0.1) is 5.69 Å². The van der Waals surface area contributed by atoms with E-state index in [1.165, 1.54) is 18.2 Å². The van der Waals surface area contributed by atoms with Crippen LogP contribution in [0.5, 0.6) is 0 Å².